The first-order valence-electron chi connectivity index (χ1n) is 9.19. The van der Waals surface area contributed by atoms with Crippen LogP contribution in [0.2, 0.25) is 0 Å². The fourth-order valence-electron chi connectivity index (χ4n) is 2.85. The lowest BCUT2D eigenvalue weighted by Crippen LogP contribution is -2.40. The Bertz CT molecular complexity index is 601. The van der Waals surface area contributed by atoms with Crippen LogP contribution in [0.3, 0.4) is 0 Å². The van der Waals surface area contributed by atoms with Crippen molar-refractivity contribution >= 4 is 49.1 Å². The number of hydrogen-bond donors (Lipinski definition) is 1. The number of carbonyl (C=O) groups excluding carboxylic acids is 1. The van der Waals surface area contributed by atoms with Gasteiger partial charge in [0, 0.05) is 28.5 Å². The van der Waals surface area contributed by atoms with Gasteiger partial charge in [-0.2, -0.15) is 0 Å². The predicted octanol–water partition coefficient (Wildman–Crippen LogP) is 6.50. The van der Waals surface area contributed by atoms with Crippen LogP contribution in [0.15, 0.2) is 12.1 Å². The highest BCUT2D eigenvalue weighted by atomic mass is 79.9. The second kappa shape index (κ2) is 12.4. The number of aryl methyl sites for hydroxylation is 1. The summed E-state index contributed by atoms with van der Waals surface area (Å²) in [6.45, 7) is 9.80. The Morgan fingerprint density at radius 3 is 2.04 bits per heavy atom. The number of carbonyl (C=O) groups is 1. The Morgan fingerprint density at radius 1 is 1.15 bits per heavy atom. The molecule has 26 heavy (non-hydrogen) atoms. The third-order valence-corrected chi connectivity index (χ3v) is 5.32. The summed E-state index contributed by atoms with van der Waals surface area (Å²) >= 11 is 6.56. The molecule has 1 fully saturated rings. The van der Waals surface area contributed by atoms with Crippen LogP contribution in [-0.4, -0.2) is 21.5 Å². The zero-order valence-corrected chi connectivity index (χ0v) is 19.5. The summed E-state index contributed by atoms with van der Waals surface area (Å²) in [6.07, 6.45) is 3.83. The fraction of sp³-hybridized carbons (Fsp3) is 0.632. The van der Waals surface area contributed by atoms with Crippen molar-refractivity contribution in [3.8, 4) is 0 Å². The Balaban J connectivity index is 0.000000596. The standard InChI is InChI=1S/C12H12N2O3.C3H6Br2.2C2H6/c1-7-5-8(14(16)17)6-9-10(7)13-11(15)12(9)3-2-4-12;4-2-1-3-5;2*1-2/h5-6H,2-4H2,1H3,(H,13,15);1-3H2;2*1-2H3. The summed E-state index contributed by atoms with van der Waals surface area (Å²) < 4.78 is 0. The largest absolute Gasteiger partial charge is 0.325 e. The van der Waals surface area contributed by atoms with E-state index in [4.69, 9.17) is 0 Å². The number of alkyl halides is 2. The van der Waals surface area contributed by atoms with Gasteiger partial charge in [-0.25, -0.2) is 0 Å². The number of anilines is 1. The maximum Gasteiger partial charge on any atom is 0.270 e. The van der Waals surface area contributed by atoms with E-state index >= 15 is 0 Å². The number of nitro groups is 1. The molecule has 1 amide bonds. The van der Waals surface area contributed by atoms with Crippen LogP contribution in [0.5, 0.6) is 0 Å². The molecular formula is C19H30Br2N2O3. The highest BCUT2D eigenvalue weighted by molar-refractivity contribution is 9.09. The van der Waals surface area contributed by atoms with Gasteiger partial charge in [-0.3, -0.25) is 14.9 Å². The minimum absolute atomic E-state index is 0.00217. The van der Waals surface area contributed by atoms with Gasteiger partial charge in [-0.1, -0.05) is 66.0 Å². The highest BCUT2D eigenvalue weighted by Gasteiger charge is 2.51. The van der Waals surface area contributed by atoms with E-state index in [1.807, 2.05) is 27.7 Å². The lowest BCUT2D eigenvalue weighted by atomic mass is 9.65. The van der Waals surface area contributed by atoms with Gasteiger partial charge in [0.05, 0.1) is 10.3 Å². The number of benzene rings is 1. The number of nitro benzene ring substituents is 1. The maximum absolute atomic E-state index is 12.0. The van der Waals surface area contributed by atoms with Crippen molar-refractivity contribution in [2.45, 2.75) is 65.7 Å². The zero-order valence-electron chi connectivity index (χ0n) is 16.3. The summed E-state index contributed by atoms with van der Waals surface area (Å²) in [5, 5.41) is 15.9. The normalized spacial score (nSPS) is 15.0. The second-order valence-corrected chi connectivity index (χ2v) is 7.15. The van der Waals surface area contributed by atoms with Gasteiger partial charge in [-0.05, 0) is 37.3 Å². The molecule has 148 valence electrons. The molecule has 1 aliphatic heterocycles. The Hall–Kier alpha value is -0.950. The average molecular weight is 494 g/mol. The zero-order chi connectivity index (χ0) is 20.3. The van der Waals surface area contributed by atoms with Crippen LogP contribution >= 0.6 is 31.9 Å². The minimum atomic E-state index is -0.480. The first-order valence-corrected chi connectivity index (χ1v) is 11.4. The average Bonchev–Trinajstić information content (AvgIpc) is 2.92. The molecule has 1 spiro atoms. The van der Waals surface area contributed by atoms with Crippen molar-refractivity contribution < 1.29 is 9.72 Å². The van der Waals surface area contributed by atoms with E-state index in [1.165, 1.54) is 12.5 Å². The Morgan fingerprint density at radius 2 is 1.69 bits per heavy atom. The first kappa shape index (κ1) is 25.1. The van der Waals surface area contributed by atoms with Crippen LogP contribution in [0.25, 0.3) is 0 Å². The fourth-order valence-corrected chi connectivity index (χ4v) is 4.16. The molecule has 1 aromatic rings. The SMILES string of the molecule is BrCCCBr.CC.CC.Cc1cc([N+](=O)[O-])cc2c1NC(=O)C21CCC1. The summed E-state index contributed by atoms with van der Waals surface area (Å²) in [6, 6.07) is 3.07. The number of amides is 1. The molecule has 0 radical (unpaired) electrons. The molecule has 1 N–H and O–H groups in total. The van der Waals surface area contributed by atoms with Crippen molar-refractivity contribution in [1.82, 2.24) is 0 Å². The van der Waals surface area contributed by atoms with Crippen LogP contribution in [0.1, 0.15) is 64.5 Å². The number of non-ortho nitro benzene ring substituents is 1. The molecule has 1 heterocycles. The van der Waals surface area contributed by atoms with Gasteiger partial charge >= 0.3 is 0 Å². The van der Waals surface area contributed by atoms with Crippen molar-refractivity contribution in [3.63, 3.8) is 0 Å². The number of hydrogen-bond acceptors (Lipinski definition) is 3. The number of nitrogens with zero attached hydrogens (tertiary/aromatic N) is 1. The second-order valence-electron chi connectivity index (χ2n) is 5.56. The lowest BCUT2D eigenvalue weighted by Gasteiger charge is -2.35. The van der Waals surface area contributed by atoms with Crippen LogP contribution in [0.4, 0.5) is 11.4 Å². The van der Waals surface area contributed by atoms with Crippen LogP contribution < -0.4 is 5.32 Å². The number of rotatable bonds is 3. The monoisotopic (exact) mass is 492 g/mol. The first-order chi connectivity index (χ1) is 12.5. The highest BCUT2D eigenvalue weighted by Crippen LogP contribution is 2.52. The molecule has 1 saturated carbocycles. The molecule has 7 heteroatoms. The van der Waals surface area contributed by atoms with Gasteiger partial charge in [0.2, 0.25) is 5.91 Å². The molecular weight excluding hydrogens is 464 g/mol. The number of halogens is 2. The molecule has 0 atom stereocenters. The van der Waals surface area contributed by atoms with E-state index in [2.05, 4.69) is 37.2 Å². The maximum atomic E-state index is 12.0. The molecule has 0 unspecified atom stereocenters. The van der Waals surface area contributed by atoms with Crippen LogP contribution in [0, 0.1) is 17.0 Å². The van der Waals surface area contributed by atoms with Gasteiger partial charge in [-0.15, -0.1) is 0 Å². The summed E-state index contributed by atoms with van der Waals surface area (Å²) in [5.41, 5.74) is 1.96. The van der Waals surface area contributed by atoms with Crippen LogP contribution in [-0.2, 0) is 10.2 Å². The predicted molar refractivity (Wildman–Crippen MR) is 117 cm³/mol. The number of nitrogens with one attached hydrogen (secondary N) is 1. The summed E-state index contributed by atoms with van der Waals surface area (Å²) in [4.78, 5) is 22.4. The molecule has 5 nitrogen and oxygen atoms in total. The molecule has 0 aromatic heterocycles. The van der Waals surface area contributed by atoms with E-state index < -0.39 is 10.3 Å². The van der Waals surface area contributed by atoms with Crippen molar-refractivity contribution in [2.75, 3.05) is 16.0 Å². The van der Waals surface area contributed by atoms with E-state index in [9.17, 15) is 14.9 Å². The van der Waals surface area contributed by atoms with Gasteiger partial charge in [0.1, 0.15) is 0 Å². The Kier molecular flexibility index (Phi) is 12.0. The Labute approximate surface area is 173 Å². The molecule has 3 rings (SSSR count). The van der Waals surface area contributed by atoms with E-state index in [1.54, 1.807) is 13.0 Å². The number of fused-ring (bicyclic) bond motifs is 2. The smallest absolute Gasteiger partial charge is 0.270 e. The molecule has 1 aromatic carbocycles. The summed E-state index contributed by atoms with van der Waals surface area (Å²) in [5.74, 6) is 0.00217. The minimum Gasteiger partial charge on any atom is -0.325 e. The van der Waals surface area contributed by atoms with E-state index in [0.717, 1.165) is 46.7 Å². The van der Waals surface area contributed by atoms with Crippen molar-refractivity contribution in [2.24, 2.45) is 0 Å². The van der Waals surface area contributed by atoms with Crippen molar-refractivity contribution in [3.05, 3.63) is 33.4 Å². The third-order valence-electron chi connectivity index (χ3n) is 4.19. The van der Waals surface area contributed by atoms with Gasteiger partial charge < -0.3 is 5.32 Å². The molecule has 1 aliphatic carbocycles. The lowest BCUT2D eigenvalue weighted by molar-refractivity contribution is -0.385. The van der Waals surface area contributed by atoms with E-state index in [0.29, 0.717) is 0 Å². The van der Waals surface area contributed by atoms with E-state index in [-0.39, 0.29) is 11.6 Å². The topological polar surface area (TPSA) is 72.2 Å². The molecule has 2 aliphatic rings. The van der Waals surface area contributed by atoms with Crippen molar-refractivity contribution in [1.29, 1.82) is 0 Å². The quantitative estimate of drug-likeness (QED) is 0.297. The van der Waals surface area contributed by atoms with Gasteiger partial charge in [0.15, 0.2) is 0 Å². The van der Waals surface area contributed by atoms with Gasteiger partial charge in [0.25, 0.3) is 5.69 Å². The third kappa shape index (κ3) is 5.52. The molecule has 0 saturated heterocycles. The summed E-state index contributed by atoms with van der Waals surface area (Å²) in [7, 11) is 0. The molecule has 0 bridgehead atoms.